The standard InChI is InChI=1S/C16H30N2O5.C16H30N2O4S.C16H28N2O4.C12H24N2O4.C6H14N2S.C4H6Cl2.2C4H6I2/c1-15(2,3)22-13(20)17-7-8-18(10-12(9-17)11-19)14(21)23-16(4,5)6;1-15(2,3)21-13(19)17-7-8-18(10-12(9-17)11-23)14(20)22-16(4,5)6;1-12-10-17(13(19)21-15(2,3)4)8-9-18(11-12)14(20)22-16(5,6)7;1-11(2,3)17-9(15)13-7-8-14-10(16)18-12(4,5)6;9-5-6-3-7-1-2-8-4-6;3*1-4(2-5)3-6/h12,19H,7-11H2,1-6H3;12,23H,7-11H2,1-6H3;1,8-11H2,2-7H3;7-8H2,1-6H3,(H,13,15)(H,14,16);6-9H,1-5H2;3*1-3H2. The zero-order chi connectivity index (χ0) is 88.7. The quantitative estimate of drug-likeness (QED) is 0.0238. The van der Waals surface area contributed by atoms with Crippen LogP contribution in [0.1, 0.15) is 166 Å². The molecule has 0 spiro atoms. The minimum atomic E-state index is -0.580. The Morgan fingerprint density at radius 1 is 0.398 bits per heavy atom. The SMILES string of the molecule is C=C(CCl)CCl.C=C(CI)CI.C=C(CI)CI.C=C1CN(C(=O)OC(C)(C)C)CCN(C(=O)OC(C)(C)C)C1.CC(C)(C)OC(=O)N1CCN(C(=O)OC(C)(C)C)CC(CO)C1.CC(C)(C)OC(=O)N1CCN(C(=O)OC(C)(C)C)CC(CS)C1.CC(C)(C)OC(=O)NCCNC(=O)OC(C)(C)C.SCC1CNCCNC1. The van der Waals surface area contributed by atoms with Gasteiger partial charge in [-0.15, -0.1) is 23.2 Å². The molecule has 0 aromatic rings. The van der Waals surface area contributed by atoms with Crippen molar-refractivity contribution in [3.63, 3.8) is 0 Å². The number of halogens is 6. The van der Waals surface area contributed by atoms with Gasteiger partial charge in [0.1, 0.15) is 44.8 Å². The third kappa shape index (κ3) is 69.7. The molecule has 4 fully saturated rings. The number of carbonyl (C=O) groups excluding carboxylic acids is 8. The molecular formula is C78H144Cl2I4N10O17S2. The summed E-state index contributed by atoms with van der Waals surface area (Å²) in [5, 5.41) is 21.2. The Bertz CT molecular complexity index is 2560. The molecule has 4 heterocycles. The lowest BCUT2D eigenvalue weighted by Gasteiger charge is -2.27. The number of allylic oxidation sites excluding steroid dienone is 3. The number of rotatable bonds is 12. The van der Waals surface area contributed by atoms with Crippen molar-refractivity contribution in [3.05, 3.63) is 48.6 Å². The minimum Gasteiger partial charge on any atom is -0.444 e. The molecule has 4 aliphatic heterocycles. The van der Waals surface area contributed by atoms with E-state index in [9.17, 15) is 43.5 Å². The summed E-state index contributed by atoms with van der Waals surface area (Å²) in [4.78, 5) is 105. The van der Waals surface area contributed by atoms with Crippen LogP contribution in [0.2, 0.25) is 0 Å². The third-order valence-corrected chi connectivity index (χ3v) is 19.4. The molecule has 4 rings (SSSR count). The number of alkyl carbamates (subject to hydrolysis) is 2. The van der Waals surface area contributed by atoms with Gasteiger partial charge in [-0.05, 0) is 208 Å². The number of nitrogens with zero attached hydrogens (tertiary/aromatic N) is 6. The molecule has 0 aromatic carbocycles. The smallest absolute Gasteiger partial charge is 0.410 e. The van der Waals surface area contributed by atoms with Crippen LogP contribution in [0.4, 0.5) is 38.4 Å². The molecule has 662 valence electrons. The third-order valence-electron chi connectivity index (χ3n) is 13.3. The van der Waals surface area contributed by atoms with E-state index in [1.807, 2.05) is 83.1 Å². The molecule has 27 nitrogen and oxygen atoms in total. The Hall–Kier alpha value is -2.80. The minimum absolute atomic E-state index is 0.0841. The van der Waals surface area contributed by atoms with Gasteiger partial charge in [-0.3, -0.25) is 0 Å². The van der Waals surface area contributed by atoms with E-state index in [4.69, 9.17) is 61.1 Å². The Morgan fingerprint density at radius 2 is 0.619 bits per heavy atom. The number of thiol groups is 2. The molecule has 0 atom stereocenters. The zero-order valence-corrected chi connectivity index (χ0v) is 84.4. The van der Waals surface area contributed by atoms with Crippen LogP contribution in [0, 0.1) is 17.8 Å². The van der Waals surface area contributed by atoms with Gasteiger partial charge < -0.3 is 93.7 Å². The zero-order valence-electron chi connectivity index (χ0n) is 72.5. The first-order valence-electron chi connectivity index (χ1n) is 37.6. The molecule has 0 aromatic heterocycles. The molecule has 4 saturated heterocycles. The predicted octanol–water partition coefficient (Wildman–Crippen LogP) is 16.7. The summed E-state index contributed by atoms with van der Waals surface area (Å²) in [6.45, 7) is 68.3. The number of carbonyl (C=O) groups is 8. The number of amides is 8. The van der Waals surface area contributed by atoms with Gasteiger partial charge in [0.05, 0.1) is 0 Å². The maximum atomic E-state index is 12.3. The molecule has 4 aliphatic rings. The van der Waals surface area contributed by atoms with Crippen molar-refractivity contribution in [1.82, 2.24) is 50.7 Å². The van der Waals surface area contributed by atoms with E-state index in [0.29, 0.717) is 96.0 Å². The van der Waals surface area contributed by atoms with E-state index >= 15 is 0 Å². The molecule has 0 radical (unpaired) electrons. The summed E-state index contributed by atoms with van der Waals surface area (Å²) < 4.78 is 46.8. The van der Waals surface area contributed by atoms with Gasteiger partial charge in [0.25, 0.3) is 0 Å². The number of aliphatic hydroxyl groups is 1. The highest BCUT2D eigenvalue weighted by Gasteiger charge is 2.35. The van der Waals surface area contributed by atoms with Crippen LogP contribution in [0.5, 0.6) is 0 Å². The second-order valence-electron chi connectivity index (χ2n) is 34.7. The van der Waals surface area contributed by atoms with Crippen LogP contribution in [0.25, 0.3) is 0 Å². The summed E-state index contributed by atoms with van der Waals surface area (Å²) >= 11 is 28.3. The highest BCUT2D eigenvalue weighted by Crippen LogP contribution is 2.22. The van der Waals surface area contributed by atoms with Crippen molar-refractivity contribution in [2.24, 2.45) is 17.8 Å². The topological polar surface area (TPSA) is 298 Å². The first kappa shape index (κ1) is 117. The first-order valence-corrected chi connectivity index (χ1v) is 46.1. The number of alkyl halides is 6. The molecule has 35 heteroatoms. The molecule has 8 amide bonds. The molecule has 0 saturated carbocycles. The fraction of sp³-hybridized carbons (Fsp3) is 0.795. The van der Waals surface area contributed by atoms with E-state index in [1.165, 1.54) is 20.9 Å². The fourth-order valence-corrected chi connectivity index (χ4v) is 12.3. The van der Waals surface area contributed by atoms with Gasteiger partial charge >= 0.3 is 48.7 Å². The van der Waals surface area contributed by atoms with Gasteiger partial charge in [0.15, 0.2) is 0 Å². The lowest BCUT2D eigenvalue weighted by molar-refractivity contribution is 0.0200. The van der Waals surface area contributed by atoms with Crippen molar-refractivity contribution in [1.29, 1.82) is 0 Å². The molecule has 0 bridgehead atoms. The Balaban J connectivity index is -0.000000631. The largest absolute Gasteiger partial charge is 0.444 e. The Kier molecular flexibility index (Phi) is 60.8. The van der Waals surface area contributed by atoms with Gasteiger partial charge in [0.2, 0.25) is 0 Å². The van der Waals surface area contributed by atoms with E-state index in [0.717, 1.165) is 66.7 Å². The molecular weight excluding hydrogens is 1990 g/mol. The molecule has 0 unspecified atom stereocenters. The van der Waals surface area contributed by atoms with E-state index in [1.54, 1.807) is 103 Å². The van der Waals surface area contributed by atoms with Crippen LogP contribution in [-0.2, 0) is 37.9 Å². The van der Waals surface area contributed by atoms with Gasteiger partial charge in [-0.25, -0.2) is 38.4 Å². The van der Waals surface area contributed by atoms with E-state index in [-0.39, 0.29) is 55.9 Å². The van der Waals surface area contributed by atoms with Gasteiger partial charge in [0, 0.05) is 153 Å². The summed E-state index contributed by atoms with van der Waals surface area (Å²) in [7, 11) is 0. The van der Waals surface area contributed by atoms with E-state index < -0.39 is 69.2 Å². The predicted molar refractivity (Wildman–Crippen MR) is 500 cm³/mol. The summed E-state index contributed by atoms with van der Waals surface area (Å²) in [6, 6.07) is 0. The van der Waals surface area contributed by atoms with Crippen LogP contribution in [-0.4, -0.2) is 293 Å². The van der Waals surface area contributed by atoms with Crippen molar-refractivity contribution in [2.75, 3.05) is 165 Å². The number of ether oxygens (including phenoxy) is 8. The molecule has 0 aliphatic carbocycles. The number of aliphatic hydroxyl groups excluding tert-OH is 1. The fourth-order valence-electron chi connectivity index (χ4n) is 8.42. The number of hydrogen-bond acceptors (Lipinski definition) is 21. The number of nitrogens with one attached hydrogen (secondary N) is 4. The monoisotopic (exact) mass is 2130 g/mol. The average molecular weight is 2140 g/mol. The van der Waals surface area contributed by atoms with Gasteiger partial charge in [-0.2, -0.15) is 25.3 Å². The average Bonchev–Trinajstić information content (AvgIpc) is 1.75. The van der Waals surface area contributed by atoms with Crippen LogP contribution in [0.15, 0.2) is 48.6 Å². The molecule has 113 heavy (non-hydrogen) atoms. The highest BCUT2D eigenvalue weighted by atomic mass is 127. The maximum Gasteiger partial charge on any atom is 0.410 e. The lowest BCUT2D eigenvalue weighted by Crippen LogP contribution is -2.41. The van der Waals surface area contributed by atoms with Crippen molar-refractivity contribution >= 4 is 188 Å². The maximum absolute atomic E-state index is 12.3. The lowest BCUT2D eigenvalue weighted by atomic mass is 10.1. The van der Waals surface area contributed by atoms with Gasteiger partial charge in [-0.1, -0.05) is 128 Å². The summed E-state index contributed by atoms with van der Waals surface area (Å²) in [5.74, 6) is 3.10. The van der Waals surface area contributed by atoms with E-state index in [2.05, 4.69) is 163 Å². The molecule has 5 N–H and O–H groups in total. The second-order valence-corrected chi connectivity index (χ2v) is 39.0. The van der Waals surface area contributed by atoms with Crippen molar-refractivity contribution in [3.8, 4) is 0 Å². The second kappa shape index (κ2) is 59.0. The van der Waals surface area contributed by atoms with Crippen LogP contribution < -0.4 is 21.3 Å². The summed E-state index contributed by atoms with van der Waals surface area (Å²) in [5.41, 5.74) is -0.0994. The summed E-state index contributed by atoms with van der Waals surface area (Å²) in [6.07, 6.45) is -3.35. The van der Waals surface area contributed by atoms with Crippen LogP contribution in [0.3, 0.4) is 0 Å². The van der Waals surface area contributed by atoms with Crippen LogP contribution >= 0.6 is 139 Å². The van der Waals surface area contributed by atoms with Crippen molar-refractivity contribution < 1.29 is 81.4 Å². The Morgan fingerprint density at radius 3 is 0.805 bits per heavy atom. The first-order chi connectivity index (χ1) is 51.5. The highest BCUT2D eigenvalue weighted by molar-refractivity contribution is 14.1. The van der Waals surface area contributed by atoms with Crippen molar-refractivity contribution in [2.45, 2.75) is 211 Å². The normalized spacial score (nSPS) is 15.6. The number of hydrogen-bond donors (Lipinski definition) is 7. The Labute approximate surface area is 755 Å².